The lowest BCUT2D eigenvalue weighted by Gasteiger charge is -2.07. The minimum absolute atomic E-state index is 0.173. The maximum atomic E-state index is 11.7. The largest absolute Gasteiger partial charge is 0.619 e. The van der Waals surface area contributed by atoms with E-state index in [0.29, 0.717) is 21.0 Å². The van der Waals surface area contributed by atoms with Gasteiger partial charge in [-0.25, -0.2) is 0 Å². The monoisotopic (exact) mass is 305 g/mol. The summed E-state index contributed by atoms with van der Waals surface area (Å²) in [5.41, 5.74) is 0.896. The molecule has 21 heavy (non-hydrogen) atoms. The van der Waals surface area contributed by atoms with Gasteiger partial charge in [-0.3, -0.25) is 9.59 Å². The second kappa shape index (κ2) is 6.71. The molecule has 0 atom stereocenters. The zero-order valence-corrected chi connectivity index (χ0v) is 11.6. The highest BCUT2D eigenvalue weighted by molar-refractivity contribution is 6.30. The number of halogens is 1. The molecule has 0 aliphatic heterocycles. The first kappa shape index (κ1) is 14.8. The van der Waals surface area contributed by atoms with Gasteiger partial charge in [-0.15, -0.1) is 0 Å². The van der Waals surface area contributed by atoms with Gasteiger partial charge in [-0.2, -0.15) is 4.73 Å². The van der Waals surface area contributed by atoms with E-state index in [2.05, 4.69) is 10.6 Å². The maximum absolute atomic E-state index is 11.7. The zero-order valence-electron chi connectivity index (χ0n) is 10.9. The SMILES string of the molecule is O=C(CNC(=O)c1cc[n+]([O-])cc1)Nc1ccc(Cl)cc1. The summed E-state index contributed by atoms with van der Waals surface area (Å²) in [4.78, 5) is 23.4. The van der Waals surface area contributed by atoms with Crippen molar-refractivity contribution in [1.82, 2.24) is 5.32 Å². The van der Waals surface area contributed by atoms with Gasteiger partial charge in [0.05, 0.1) is 12.1 Å². The number of amides is 2. The molecule has 0 saturated heterocycles. The van der Waals surface area contributed by atoms with Crippen LogP contribution in [0.4, 0.5) is 5.69 Å². The number of anilines is 1. The minimum atomic E-state index is -0.429. The highest BCUT2D eigenvalue weighted by atomic mass is 35.5. The molecule has 108 valence electrons. The van der Waals surface area contributed by atoms with E-state index >= 15 is 0 Å². The third-order valence-electron chi connectivity index (χ3n) is 2.60. The van der Waals surface area contributed by atoms with Crippen LogP contribution in [0, 0.1) is 5.21 Å². The molecule has 0 spiro atoms. The van der Waals surface area contributed by atoms with Crippen LogP contribution in [0.1, 0.15) is 10.4 Å². The third-order valence-corrected chi connectivity index (χ3v) is 2.85. The number of hydrogen-bond donors (Lipinski definition) is 2. The predicted molar refractivity (Wildman–Crippen MR) is 77.8 cm³/mol. The average Bonchev–Trinajstić information content (AvgIpc) is 2.48. The van der Waals surface area contributed by atoms with Gasteiger partial charge < -0.3 is 15.8 Å². The quantitative estimate of drug-likeness (QED) is 0.660. The van der Waals surface area contributed by atoms with Gasteiger partial charge in [0.25, 0.3) is 5.91 Å². The number of rotatable bonds is 4. The molecule has 0 unspecified atom stereocenters. The summed E-state index contributed by atoms with van der Waals surface area (Å²) in [5, 5.41) is 16.5. The topological polar surface area (TPSA) is 85.1 Å². The number of carbonyl (C=O) groups is 2. The molecule has 2 N–H and O–H groups in total. The van der Waals surface area contributed by atoms with E-state index in [9.17, 15) is 14.8 Å². The first-order valence-corrected chi connectivity index (χ1v) is 6.45. The van der Waals surface area contributed by atoms with E-state index in [1.165, 1.54) is 24.5 Å². The molecule has 1 heterocycles. The number of nitrogens with one attached hydrogen (secondary N) is 2. The van der Waals surface area contributed by atoms with Crippen molar-refractivity contribution in [3.63, 3.8) is 0 Å². The van der Waals surface area contributed by atoms with Crippen molar-refractivity contribution < 1.29 is 14.3 Å². The molecule has 0 radical (unpaired) electrons. The van der Waals surface area contributed by atoms with E-state index in [4.69, 9.17) is 11.6 Å². The van der Waals surface area contributed by atoms with E-state index in [1.807, 2.05) is 0 Å². The number of carbonyl (C=O) groups excluding carboxylic acids is 2. The molecule has 6 nitrogen and oxygen atoms in total. The smallest absolute Gasteiger partial charge is 0.252 e. The molecule has 0 aliphatic rings. The van der Waals surface area contributed by atoms with Crippen LogP contribution in [0.15, 0.2) is 48.8 Å². The molecular weight excluding hydrogens is 294 g/mol. The molecule has 0 saturated carbocycles. The Balaban J connectivity index is 1.84. The summed E-state index contributed by atoms with van der Waals surface area (Å²) < 4.78 is 0.573. The summed E-state index contributed by atoms with van der Waals surface area (Å²) in [7, 11) is 0. The van der Waals surface area contributed by atoms with Crippen LogP contribution in [-0.4, -0.2) is 18.4 Å². The molecular formula is C14H12ClN3O3. The molecule has 2 amide bonds. The van der Waals surface area contributed by atoms with Crippen LogP contribution < -0.4 is 15.4 Å². The van der Waals surface area contributed by atoms with Gasteiger partial charge in [0.1, 0.15) is 0 Å². The summed E-state index contributed by atoms with van der Waals surface area (Å²) in [6.07, 6.45) is 2.42. The average molecular weight is 306 g/mol. The van der Waals surface area contributed by atoms with Gasteiger partial charge in [0.15, 0.2) is 12.4 Å². The summed E-state index contributed by atoms with van der Waals surface area (Å²) in [6, 6.07) is 9.37. The summed E-state index contributed by atoms with van der Waals surface area (Å²) >= 11 is 5.74. The number of benzene rings is 1. The van der Waals surface area contributed by atoms with Crippen LogP contribution in [-0.2, 0) is 4.79 Å². The minimum Gasteiger partial charge on any atom is -0.619 e. The Bertz CT molecular complexity index is 642. The Labute approximate surface area is 125 Å². The number of pyridine rings is 1. The Hall–Kier alpha value is -2.60. The van der Waals surface area contributed by atoms with Gasteiger partial charge in [0, 0.05) is 22.8 Å². The van der Waals surface area contributed by atoms with Crippen molar-refractivity contribution in [2.24, 2.45) is 0 Å². The standard InChI is InChI=1S/C14H12ClN3O3/c15-11-1-3-12(4-2-11)17-13(19)9-16-14(20)10-5-7-18(21)8-6-10/h1-8H,9H2,(H,16,20)(H,17,19). The molecule has 2 rings (SSSR count). The second-order valence-electron chi connectivity index (χ2n) is 4.18. The first-order chi connectivity index (χ1) is 10.0. The number of nitrogens with zero attached hydrogens (tertiary/aromatic N) is 1. The molecule has 7 heteroatoms. The fourth-order valence-corrected chi connectivity index (χ4v) is 1.69. The van der Waals surface area contributed by atoms with Crippen molar-refractivity contribution in [2.75, 3.05) is 11.9 Å². The van der Waals surface area contributed by atoms with E-state index in [0.717, 1.165) is 0 Å². The van der Waals surface area contributed by atoms with Crippen LogP contribution in [0.3, 0.4) is 0 Å². The molecule has 1 aromatic carbocycles. The molecule has 0 aliphatic carbocycles. The number of hydrogen-bond acceptors (Lipinski definition) is 3. The van der Waals surface area contributed by atoms with Crippen molar-refractivity contribution in [1.29, 1.82) is 0 Å². The van der Waals surface area contributed by atoms with Gasteiger partial charge in [-0.05, 0) is 24.3 Å². The Morgan fingerprint density at radius 3 is 2.33 bits per heavy atom. The second-order valence-corrected chi connectivity index (χ2v) is 4.62. The van der Waals surface area contributed by atoms with Crippen molar-refractivity contribution in [3.8, 4) is 0 Å². The predicted octanol–water partition coefficient (Wildman–Crippen LogP) is 1.34. The fourth-order valence-electron chi connectivity index (χ4n) is 1.57. The van der Waals surface area contributed by atoms with E-state index < -0.39 is 5.91 Å². The van der Waals surface area contributed by atoms with Crippen molar-refractivity contribution >= 4 is 29.1 Å². The zero-order chi connectivity index (χ0) is 15.2. The third kappa shape index (κ3) is 4.47. The maximum Gasteiger partial charge on any atom is 0.252 e. The summed E-state index contributed by atoms with van der Waals surface area (Å²) in [5.74, 6) is -0.789. The molecule has 0 fully saturated rings. The van der Waals surface area contributed by atoms with E-state index in [-0.39, 0.29) is 12.5 Å². The van der Waals surface area contributed by atoms with Crippen LogP contribution in [0.25, 0.3) is 0 Å². The van der Waals surface area contributed by atoms with Crippen molar-refractivity contribution in [2.45, 2.75) is 0 Å². The van der Waals surface area contributed by atoms with E-state index in [1.54, 1.807) is 24.3 Å². The molecule has 0 bridgehead atoms. The van der Waals surface area contributed by atoms with Crippen LogP contribution in [0.2, 0.25) is 5.02 Å². The normalized spacial score (nSPS) is 9.95. The fraction of sp³-hybridized carbons (Fsp3) is 0.0714. The Morgan fingerprint density at radius 1 is 1.10 bits per heavy atom. The lowest BCUT2D eigenvalue weighted by molar-refractivity contribution is -0.605. The highest BCUT2D eigenvalue weighted by Crippen LogP contribution is 2.12. The Kier molecular flexibility index (Phi) is 4.73. The lowest BCUT2D eigenvalue weighted by Crippen LogP contribution is -2.33. The molecule has 2 aromatic rings. The summed E-state index contributed by atoms with van der Waals surface area (Å²) in [6.45, 7) is -0.173. The lowest BCUT2D eigenvalue weighted by atomic mass is 10.2. The molecule has 1 aromatic heterocycles. The van der Waals surface area contributed by atoms with Crippen LogP contribution >= 0.6 is 11.6 Å². The van der Waals surface area contributed by atoms with Gasteiger partial charge in [-0.1, -0.05) is 11.6 Å². The first-order valence-electron chi connectivity index (χ1n) is 6.07. The van der Waals surface area contributed by atoms with Gasteiger partial charge in [0.2, 0.25) is 5.91 Å². The van der Waals surface area contributed by atoms with Gasteiger partial charge >= 0.3 is 0 Å². The number of aromatic nitrogens is 1. The van der Waals surface area contributed by atoms with Crippen LogP contribution in [0.5, 0.6) is 0 Å². The Morgan fingerprint density at radius 2 is 1.71 bits per heavy atom. The van der Waals surface area contributed by atoms with Crippen molar-refractivity contribution in [3.05, 3.63) is 64.6 Å². The highest BCUT2D eigenvalue weighted by Gasteiger charge is 2.09.